The minimum Gasteiger partial charge on any atom is -0.316 e. The van der Waals surface area contributed by atoms with Gasteiger partial charge in [-0.05, 0) is 51.1 Å². The number of nitrogens with one attached hydrogen (secondary N) is 1. The van der Waals surface area contributed by atoms with Crippen LogP contribution in [-0.4, -0.2) is 16.8 Å². The van der Waals surface area contributed by atoms with E-state index < -0.39 is 0 Å². The molecule has 0 unspecified atom stereocenters. The molecule has 0 saturated heterocycles. The molecular weight excluding hydrogens is 258 g/mol. The van der Waals surface area contributed by atoms with Gasteiger partial charge in [0.15, 0.2) is 0 Å². The first-order valence-electron chi connectivity index (χ1n) is 6.55. The fourth-order valence-electron chi connectivity index (χ4n) is 2.54. The Morgan fingerprint density at radius 3 is 2.63 bits per heavy atom. The molecule has 0 atom stereocenters. The van der Waals surface area contributed by atoms with Crippen LogP contribution >= 0.6 is 11.6 Å². The van der Waals surface area contributed by atoms with Crippen molar-refractivity contribution in [2.45, 2.75) is 33.9 Å². The smallest absolute Gasteiger partial charge is 0.0675 e. The van der Waals surface area contributed by atoms with Gasteiger partial charge in [-0.1, -0.05) is 17.7 Å². The van der Waals surface area contributed by atoms with Crippen molar-refractivity contribution in [2.24, 2.45) is 0 Å². The van der Waals surface area contributed by atoms with E-state index in [1.54, 1.807) is 0 Å². The van der Waals surface area contributed by atoms with Crippen LogP contribution in [0, 0.1) is 13.8 Å². The van der Waals surface area contributed by atoms with Crippen LogP contribution in [0.5, 0.6) is 0 Å². The van der Waals surface area contributed by atoms with Crippen LogP contribution in [0.1, 0.15) is 23.9 Å². The standard InChI is InChI=1S/C15H20ClN3/c1-5-19-11(3)15(10(2)18-19)14-7-6-13(16)8-12(14)9-17-4/h6-8,17H,5,9H2,1-4H3. The Kier molecular flexibility index (Phi) is 4.27. The van der Waals surface area contributed by atoms with Gasteiger partial charge in [0.1, 0.15) is 0 Å². The third kappa shape index (κ3) is 2.67. The Bertz CT molecular complexity index is 587. The number of halogens is 1. The Labute approximate surface area is 119 Å². The number of rotatable bonds is 4. The van der Waals surface area contributed by atoms with Gasteiger partial charge in [-0.2, -0.15) is 5.10 Å². The molecule has 3 nitrogen and oxygen atoms in total. The molecule has 2 rings (SSSR count). The second-order valence-electron chi connectivity index (χ2n) is 4.69. The van der Waals surface area contributed by atoms with Gasteiger partial charge in [0.25, 0.3) is 0 Å². The topological polar surface area (TPSA) is 29.9 Å². The quantitative estimate of drug-likeness (QED) is 0.926. The zero-order valence-corrected chi connectivity index (χ0v) is 12.7. The van der Waals surface area contributed by atoms with Crippen molar-refractivity contribution in [3.8, 4) is 11.1 Å². The summed E-state index contributed by atoms with van der Waals surface area (Å²) in [5.74, 6) is 0. The molecule has 1 heterocycles. The highest BCUT2D eigenvalue weighted by Gasteiger charge is 2.15. The van der Waals surface area contributed by atoms with Crippen molar-refractivity contribution in [3.05, 3.63) is 40.2 Å². The van der Waals surface area contributed by atoms with Gasteiger partial charge >= 0.3 is 0 Å². The van der Waals surface area contributed by atoms with Gasteiger partial charge in [-0.3, -0.25) is 4.68 Å². The van der Waals surface area contributed by atoms with Crippen molar-refractivity contribution in [2.75, 3.05) is 7.05 Å². The fourth-order valence-corrected chi connectivity index (χ4v) is 2.73. The summed E-state index contributed by atoms with van der Waals surface area (Å²) in [6, 6.07) is 6.06. The molecule has 0 fully saturated rings. The molecule has 2 aromatic rings. The summed E-state index contributed by atoms with van der Waals surface area (Å²) in [5, 5.41) is 8.56. The van der Waals surface area contributed by atoms with Crippen molar-refractivity contribution in [1.29, 1.82) is 0 Å². The molecule has 1 aromatic heterocycles. The first-order chi connectivity index (χ1) is 9.08. The van der Waals surface area contributed by atoms with Gasteiger partial charge < -0.3 is 5.32 Å². The molecule has 102 valence electrons. The van der Waals surface area contributed by atoms with E-state index in [-0.39, 0.29) is 0 Å². The minimum atomic E-state index is 0.771. The van der Waals surface area contributed by atoms with E-state index in [0.717, 1.165) is 23.8 Å². The lowest BCUT2D eigenvalue weighted by Crippen LogP contribution is -2.07. The summed E-state index contributed by atoms with van der Waals surface area (Å²) in [4.78, 5) is 0. The molecule has 0 amide bonds. The van der Waals surface area contributed by atoms with E-state index >= 15 is 0 Å². The lowest BCUT2D eigenvalue weighted by atomic mass is 9.98. The Balaban J connectivity index is 2.61. The van der Waals surface area contributed by atoms with Crippen LogP contribution in [0.2, 0.25) is 5.02 Å². The highest BCUT2D eigenvalue weighted by Crippen LogP contribution is 2.31. The zero-order valence-electron chi connectivity index (χ0n) is 11.9. The number of nitrogens with zero attached hydrogens (tertiary/aromatic N) is 2. The summed E-state index contributed by atoms with van der Waals surface area (Å²) in [5.41, 5.74) is 5.92. The summed E-state index contributed by atoms with van der Waals surface area (Å²) in [7, 11) is 1.94. The second kappa shape index (κ2) is 5.76. The van der Waals surface area contributed by atoms with Gasteiger partial charge in [-0.25, -0.2) is 0 Å². The molecule has 0 bridgehead atoms. The van der Waals surface area contributed by atoms with E-state index in [2.05, 4.69) is 37.3 Å². The van der Waals surface area contributed by atoms with Gasteiger partial charge in [0.05, 0.1) is 5.69 Å². The number of hydrogen-bond acceptors (Lipinski definition) is 2. The third-order valence-electron chi connectivity index (χ3n) is 3.38. The SMILES string of the molecule is CCn1nc(C)c(-c2ccc(Cl)cc2CNC)c1C. The Morgan fingerprint density at radius 1 is 1.32 bits per heavy atom. The van der Waals surface area contributed by atoms with E-state index in [1.807, 2.05) is 23.9 Å². The van der Waals surface area contributed by atoms with Gasteiger partial charge in [-0.15, -0.1) is 0 Å². The van der Waals surface area contributed by atoms with E-state index in [9.17, 15) is 0 Å². The number of aromatic nitrogens is 2. The monoisotopic (exact) mass is 277 g/mol. The highest BCUT2D eigenvalue weighted by atomic mass is 35.5. The van der Waals surface area contributed by atoms with E-state index in [1.165, 1.54) is 22.4 Å². The molecular formula is C15H20ClN3. The molecule has 0 aliphatic heterocycles. The van der Waals surface area contributed by atoms with Crippen molar-refractivity contribution in [1.82, 2.24) is 15.1 Å². The molecule has 0 saturated carbocycles. The number of aryl methyl sites for hydroxylation is 2. The van der Waals surface area contributed by atoms with E-state index in [0.29, 0.717) is 0 Å². The molecule has 1 N–H and O–H groups in total. The predicted molar refractivity (Wildman–Crippen MR) is 80.6 cm³/mol. The molecule has 0 aliphatic rings. The lowest BCUT2D eigenvalue weighted by molar-refractivity contribution is 0.634. The molecule has 0 spiro atoms. The van der Waals surface area contributed by atoms with Gasteiger partial charge in [0, 0.05) is 29.4 Å². The van der Waals surface area contributed by atoms with Crippen LogP contribution in [0.15, 0.2) is 18.2 Å². The van der Waals surface area contributed by atoms with Crippen LogP contribution < -0.4 is 5.32 Å². The second-order valence-corrected chi connectivity index (χ2v) is 5.13. The summed E-state index contributed by atoms with van der Waals surface area (Å²) >= 11 is 6.10. The van der Waals surface area contributed by atoms with Crippen LogP contribution in [0.4, 0.5) is 0 Å². The predicted octanol–water partition coefficient (Wildman–Crippen LogP) is 3.56. The Morgan fingerprint density at radius 2 is 2.05 bits per heavy atom. The molecule has 0 aliphatic carbocycles. The van der Waals surface area contributed by atoms with Crippen molar-refractivity contribution < 1.29 is 0 Å². The maximum absolute atomic E-state index is 6.10. The minimum absolute atomic E-state index is 0.771. The molecule has 1 aromatic carbocycles. The summed E-state index contributed by atoms with van der Waals surface area (Å²) in [6.45, 7) is 7.98. The average Bonchev–Trinajstić information content (AvgIpc) is 2.66. The van der Waals surface area contributed by atoms with Crippen LogP contribution in [0.25, 0.3) is 11.1 Å². The Hall–Kier alpha value is -1.32. The molecule has 19 heavy (non-hydrogen) atoms. The maximum Gasteiger partial charge on any atom is 0.0675 e. The zero-order chi connectivity index (χ0) is 14.0. The molecule has 0 radical (unpaired) electrons. The van der Waals surface area contributed by atoms with Crippen molar-refractivity contribution >= 4 is 11.6 Å². The maximum atomic E-state index is 6.10. The molecule has 4 heteroatoms. The lowest BCUT2D eigenvalue weighted by Gasteiger charge is -2.11. The van der Waals surface area contributed by atoms with Crippen molar-refractivity contribution in [3.63, 3.8) is 0 Å². The largest absolute Gasteiger partial charge is 0.316 e. The highest BCUT2D eigenvalue weighted by molar-refractivity contribution is 6.30. The average molecular weight is 278 g/mol. The summed E-state index contributed by atoms with van der Waals surface area (Å²) in [6.07, 6.45) is 0. The summed E-state index contributed by atoms with van der Waals surface area (Å²) < 4.78 is 2.04. The van der Waals surface area contributed by atoms with Crippen LogP contribution in [0.3, 0.4) is 0 Å². The van der Waals surface area contributed by atoms with E-state index in [4.69, 9.17) is 11.6 Å². The van der Waals surface area contributed by atoms with Gasteiger partial charge in [0.2, 0.25) is 0 Å². The number of hydrogen-bond donors (Lipinski definition) is 1. The fraction of sp³-hybridized carbons (Fsp3) is 0.400. The number of benzene rings is 1. The first kappa shape index (κ1) is 14.1. The van der Waals surface area contributed by atoms with Crippen LogP contribution in [-0.2, 0) is 13.1 Å². The first-order valence-corrected chi connectivity index (χ1v) is 6.93. The third-order valence-corrected chi connectivity index (χ3v) is 3.62. The normalized spacial score (nSPS) is 11.0.